The highest BCUT2D eigenvalue weighted by Gasteiger charge is 2.10. The van der Waals surface area contributed by atoms with Gasteiger partial charge in [0.1, 0.15) is 5.75 Å². The van der Waals surface area contributed by atoms with Crippen LogP contribution in [0, 0.1) is 0 Å². The van der Waals surface area contributed by atoms with Gasteiger partial charge in [-0.25, -0.2) is 0 Å². The molecule has 1 amide bonds. The van der Waals surface area contributed by atoms with E-state index in [-0.39, 0.29) is 12.5 Å². The van der Waals surface area contributed by atoms with Crippen LogP contribution in [0.15, 0.2) is 47.3 Å². The first-order valence-corrected chi connectivity index (χ1v) is 5.88. The molecule has 1 aromatic heterocycles. The van der Waals surface area contributed by atoms with Gasteiger partial charge in [-0.2, -0.15) is 0 Å². The summed E-state index contributed by atoms with van der Waals surface area (Å²) in [5, 5.41) is 0. The van der Waals surface area contributed by atoms with Gasteiger partial charge in [-0.05, 0) is 30.3 Å². The van der Waals surface area contributed by atoms with Crippen molar-refractivity contribution in [3.05, 3.63) is 48.4 Å². The molecule has 5 heteroatoms. The average molecular weight is 260 g/mol. The molecular weight excluding hydrogens is 244 g/mol. The van der Waals surface area contributed by atoms with Gasteiger partial charge in [-0.1, -0.05) is 0 Å². The molecule has 1 aromatic carbocycles. The Morgan fingerprint density at radius 3 is 2.68 bits per heavy atom. The molecule has 0 aliphatic heterocycles. The first-order valence-electron chi connectivity index (χ1n) is 5.88. The number of furan rings is 1. The van der Waals surface area contributed by atoms with Crippen LogP contribution in [0.5, 0.6) is 5.75 Å². The van der Waals surface area contributed by atoms with E-state index in [1.807, 2.05) is 6.07 Å². The molecule has 0 radical (unpaired) electrons. The molecule has 2 rings (SSSR count). The molecule has 19 heavy (non-hydrogen) atoms. The maximum absolute atomic E-state index is 11.9. The Morgan fingerprint density at radius 2 is 2.05 bits per heavy atom. The summed E-state index contributed by atoms with van der Waals surface area (Å²) in [4.78, 5) is 13.4. The highest BCUT2D eigenvalue weighted by atomic mass is 16.5. The van der Waals surface area contributed by atoms with Crippen molar-refractivity contribution in [3.63, 3.8) is 0 Å². The summed E-state index contributed by atoms with van der Waals surface area (Å²) in [6.07, 6.45) is 3.20. The molecule has 0 saturated carbocycles. The Balaban J connectivity index is 1.82. The summed E-state index contributed by atoms with van der Waals surface area (Å²) >= 11 is 0. The number of hydrogen-bond acceptors (Lipinski definition) is 4. The normalized spacial score (nSPS) is 10.2. The van der Waals surface area contributed by atoms with Crippen LogP contribution in [0.4, 0.5) is 5.69 Å². The van der Waals surface area contributed by atoms with E-state index in [2.05, 4.69) is 0 Å². The van der Waals surface area contributed by atoms with Gasteiger partial charge in [0.2, 0.25) is 0 Å². The molecule has 0 aliphatic carbocycles. The molecule has 0 bridgehead atoms. The number of amides is 1. The Labute approximate surface area is 111 Å². The van der Waals surface area contributed by atoms with Crippen molar-refractivity contribution in [2.24, 2.45) is 0 Å². The lowest BCUT2D eigenvalue weighted by molar-refractivity contribution is -0.132. The minimum atomic E-state index is -0.0991. The predicted molar refractivity (Wildman–Crippen MR) is 71.5 cm³/mol. The summed E-state index contributed by atoms with van der Waals surface area (Å²) in [6.45, 7) is 0.499. The van der Waals surface area contributed by atoms with Crippen molar-refractivity contribution >= 4 is 11.6 Å². The molecule has 5 nitrogen and oxygen atoms in total. The maximum Gasteiger partial charge on any atom is 0.260 e. The fourth-order valence-electron chi connectivity index (χ4n) is 1.56. The number of carbonyl (C=O) groups excluding carboxylic acids is 1. The van der Waals surface area contributed by atoms with Crippen molar-refractivity contribution < 1.29 is 13.9 Å². The van der Waals surface area contributed by atoms with E-state index in [4.69, 9.17) is 14.9 Å². The molecule has 2 aromatic rings. The average Bonchev–Trinajstić information content (AvgIpc) is 2.90. The Bertz CT molecular complexity index is 520. The van der Waals surface area contributed by atoms with Crippen LogP contribution in [-0.2, 0) is 11.3 Å². The highest BCUT2D eigenvalue weighted by Crippen LogP contribution is 2.13. The van der Waals surface area contributed by atoms with E-state index in [1.165, 1.54) is 0 Å². The number of nitrogens with two attached hydrogens (primary N) is 1. The molecule has 0 saturated heterocycles. The van der Waals surface area contributed by atoms with Crippen LogP contribution in [0.2, 0.25) is 0 Å². The highest BCUT2D eigenvalue weighted by molar-refractivity contribution is 5.77. The lowest BCUT2D eigenvalue weighted by atomic mass is 10.3. The topological polar surface area (TPSA) is 68.7 Å². The zero-order valence-electron chi connectivity index (χ0n) is 10.7. The lowest BCUT2D eigenvalue weighted by Gasteiger charge is -2.16. The number of ether oxygens (including phenoxy) is 1. The molecule has 0 aliphatic rings. The first kappa shape index (κ1) is 13.0. The van der Waals surface area contributed by atoms with Gasteiger partial charge in [-0.3, -0.25) is 4.79 Å². The quantitative estimate of drug-likeness (QED) is 0.834. The second kappa shape index (κ2) is 5.95. The number of nitrogens with zero attached hydrogens (tertiary/aromatic N) is 1. The number of carbonyl (C=O) groups is 1. The predicted octanol–water partition coefficient (Wildman–Crippen LogP) is 1.90. The van der Waals surface area contributed by atoms with Crippen molar-refractivity contribution in [2.75, 3.05) is 19.4 Å². The monoisotopic (exact) mass is 260 g/mol. The smallest absolute Gasteiger partial charge is 0.260 e. The number of benzene rings is 1. The van der Waals surface area contributed by atoms with E-state index in [0.29, 0.717) is 18.0 Å². The minimum absolute atomic E-state index is 0.00172. The van der Waals surface area contributed by atoms with E-state index in [9.17, 15) is 4.79 Å². The molecule has 0 fully saturated rings. The second-order valence-electron chi connectivity index (χ2n) is 4.24. The SMILES string of the molecule is CN(Cc1ccoc1)C(=O)COc1ccc(N)cc1. The second-order valence-corrected chi connectivity index (χ2v) is 4.24. The Hall–Kier alpha value is -2.43. The van der Waals surface area contributed by atoms with Gasteiger partial charge in [0.25, 0.3) is 5.91 Å². The molecule has 0 spiro atoms. The summed E-state index contributed by atoms with van der Waals surface area (Å²) in [6, 6.07) is 8.76. The number of nitrogen functional groups attached to an aromatic ring is 1. The standard InChI is InChI=1S/C14H16N2O3/c1-16(8-11-6-7-18-9-11)14(17)10-19-13-4-2-12(15)3-5-13/h2-7,9H,8,10,15H2,1H3. The van der Waals surface area contributed by atoms with Crippen molar-refractivity contribution in [1.29, 1.82) is 0 Å². The van der Waals surface area contributed by atoms with Crippen LogP contribution in [0.3, 0.4) is 0 Å². The molecular formula is C14H16N2O3. The summed E-state index contributed by atoms with van der Waals surface area (Å²) in [5.41, 5.74) is 7.18. The van der Waals surface area contributed by atoms with Gasteiger partial charge in [-0.15, -0.1) is 0 Å². The summed E-state index contributed by atoms with van der Waals surface area (Å²) in [5.74, 6) is 0.525. The lowest BCUT2D eigenvalue weighted by Crippen LogP contribution is -2.30. The summed E-state index contributed by atoms with van der Waals surface area (Å²) in [7, 11) is 1.72. The van der Waals surface area contributed by atoms with Crippen LogP contribution in [0.1, 0.15) is 5.56 Å². The fourth-order valence-corrected chi connectivity index (χ4v) is 1.56. The van der Waals surface area contributed by atoms with Crippen molar-refractivity contribution in [3.8, 4) is 5.75 Å². The third kappa shape index (κ3) is 3.77. The molecule has 0 unspecified atom stereocenters. The van der Waals surface area contributed by atoms with Crippen LogP contribution in [0.25, 0.3) is 0 Å². The zero-order chi connectivity index (χ0) is 13.7. The zero-order valence-corrected chi connectivity index (χ0v) is 10.7. The fraction of sp³-hybridized carbons (Fsp3) is 0.214. The third-order valence-electron chi connectivity index (χ3n) is 2.67. The molecule has 2 N–H and O–H groups in total. The number of hydrogen-bond donors (Lipinski definition) is 1. The largest absolute Gasteiger partial charge is 0.484 e. The minimum Gasteiger partial charge on any atom is -0.484 e. The van der Waals surface area contributed by atoms with Gasteiger partial charge >= 0.3 is 0 Å². The van der Waals surface area contributed by atoms with E-state index in [0.717, 1.165) is 5.56 Å². The van der Waals surface area contributed by atoms with Gasteiger partial charge in [0, 0.05) is 24.8 Å². The molecule has 1 heterocycles. The Kier molecular flexibility index (Phi) is 4.07. The third-order valence-corrected chi connectivity index (χ3v) is 2.67. The van der Waals surface area contributed by atoms with Gasteiger partial charge in [0.05, 0.1) is 12.5 Å². The first-order chi connectivity index (χ1) is 9.15. The van der Waals surface area contributed by atoms with E-state index in [1.54, 1.807) is 48.7 Å². The van der Waals surface area contributed by atoms with Crippen LogP contribution in [-0.4, -0.2) is 24.5 Å². The number of rotatable bonds is 5. The maximum atomic E-state index is 11.9. The molecule has 0 atom stereocenters. The number of anilines is 1. The van der Waals surface area contributed by atoms with Crippen molar-refractivity contribution in [2.45, 2.75) is 6.54 Å². The van der Waals surface area contributed by atoms with E-state index < -0.39 is 0 Å². The van der Waals surface area contributed by atoms with Crippen molar-refractivity contribution in [1.82, 2.24) is 4.90 Å². The summed E-state index contributed by atoms with van der Waals surface area (Å²) < 4.78 is 10.3. The molecule has 100 valence electrons. The van der Waals surface area contributed by atoms with Gasteiger partial charge < -0.3 is 19.8 Å². The van der Waals surface area contributed by atoms with E-state index >= 15 is 0 Å². The number of likely N-dealkylation sites (N-methyl/N-ethyl adjacent to an activating group) is 1. The van der Waals surface area contributed by atoms with Crippen LogP contribution >= 0.6 is 0 Å². The van der Waals surface area contributed by atoms with Gasteiger partial charge in [0.15, 0.2) is 6.61 Å². The Morgan fingerprint density at radius 1 is 1.32 bits per heavy atom. The van der Waals surface area contributed by atoms with Crippen LogP contribution < -0.4 is 10.5 Å².